The maximum atomic E-state index is 13.0. The Kier molecular flexibility index (Phi) is 6.39. The molecule has 1 aromatic rings. The molecule has 1 saturated heterocycles. The van der Waals surface area contributed by atoms with Crippen LogP contribution in [0.4, 0.5) is 16.2 Å². The standard InChI is InChI=1S/C23H33N5O4/c1-14(2)32-23(31)27-12-15(3)28(22(30)16-4-5-16)19-7-6-17(10-20(19)27)18-11-25-26(13-18)9-8-21(24)29/h6-7,10,14-16,18,25H,4-5,8-9,11-13H2,1-3H3,(H2,24,29)/t15-,18?/m0/s1. The average molecular weight is 444 g/mol. The van der Waals surface area contributed by atoms with Gasteiger partial charge in [0.15, 0.2) is 0 Å². The van der Waals surface area contributed by atoms with Gasteiger partial charge in [0.1, 0.15) is 0 Å². The average Bonchev–Trinajstić information content (AvgIpc) is 3.48. The second-order valence-corrected chi connectivity index (χ2v) is 9.34. The Bertz CT molecular complexity index is 900. The van der Waals surface area contributed by atoms with Crippen LogP contribution in [0.2, 0.25) is 0 Å². The van der Waals surface area contributed by atoms with Gasteiger partial charge in [-0.15, -0.1) is 0 Å². The zero-order valence-corrected chi connectivity index (χ0v) is 19.0. The van der Waals surface area contributed by atoms with Crippen LogP contribution in [0.1, 0.15) is 51.5 Å². The largest absolute Gasteiger partial charge is 0.446 e. The Balaban J connectivity index is 1.62. The number of carbonyl (C=O) groups excluding carboxylic acids is 3. The van der Waals surface area contributed by atoms with E-state index in [0.717, 1.165) is 42.9 Å². The molecule has 0 aromatic heterocycles. The maximum absolute atomic E-state index is 13.0. The number of primary amides is 1. The van der Waals surface area contributed by atoms with Crippen LogP contribution in [0.25, 0.3) is 0 Å². The van der Waals surface area contributed by atoms with E-state index >= 15 is 0 Å². The summed E-state index contributed by atoms with van der Waals surface area (Å²) in [6, 6.07) is 5.89. The Hall–Kier alpha value is -2.65. The summed E-state index contributed by atoms with van der Waals surface area (Å²) in [4.78, 5) is 40.6. The number of nitrogens with zero attached hydrogens (tertiary/aromatic N) is 3. The highest BCUT2D eigenvalue weighted by Crippen LogP contribution is 2.42. The molecule has 1 unspecified atom stereocenters. The fraction of sp³-hybridized carbons (Fsp3) is 0.609. The number of amides is 3. The molecule has 3 N–H and O–H groups in total. The van der Waals surface area contributed by atoms with Crippen LogP contribution in [0.5, 0.6) is 0 Å². The van der Waals surface area contributed by atoms with Gasteiger partial charge in [-0.3, -0.25) is 19.9 Å². The lowest BCUT2D eigenvalue weighted by Crippen LogP contribution is -2.52. The molecule has 2 atom stereocenters. The van der Waals surface area contributed by atoms with E-state index in [2.05, 4.69) is 5.43 Å². The van der Waals surface area contributed by atoms with Crippen LogP contribution >= 0.6 is 0 Å². The number of hydrogen-bond acceptors (Lipinski definition) is 6. The van der Waals surface area contributed by atoms with Gasteiger partial charge in [0.05, 0.1) is 23.5 Å². The lowest BCUT2D eigenvalue weighted by molar-refractivity contribution is -0.120. The lowest BCUT2D eigenvalue weighted by Gasteiger charge is -2.41. The summed E-state index contributed by atoms with van der Waals surface area (Å²) in [6.45, 7) is 8.06. The molecular weight excluding hydrogens is 410 g/mol. The molecule has 4 rings (SSSR count). The van der Waals surface area contributed by atoms with Crippen molar-refractivity contribution in [3.63, 3.8) is 0 Å². The zero-order valence-electron chi connectivity index (χ0n) is 19.0. The molecule has 1 aliphatic carbocycles. The van der Waals surface area contributed by atoms with Crippen LogP contribution in [-0.2, 0) is 14.3 Å². The highest BCUT2D eigenvalue weighted by molar-refractivity contribution is 6.04. The highest BCUT2D eigenvalue weighted by Gasteiger charge is 2.41. The molecule has 9 nitrogen and oxygen atoms in total. The molecule has 2 heterocycles. The number of fused-ring (bicyclic) bond motifs is 1. The molecular formula is C23H33N5O4. The van der Waals surface area contributed by atoms with Gasteiger partial charge in [-0.25, -0.2) is 9.80 Å². The topological polar surface area (TPSA) is 108 Å². The molecule has 2 aliphatic heterocycles. The first-order valence-electron chi connectivity index (χ1n) is 11.5. The Labute approximate surface area is 188 Å². The smallest absolute Gasteiger partial charge is 0.414 e. The molecule has 1 aromatic carbocycles. The third-order valence-electron chi connectivity index (χ3n) is 6.26. The van der Waals surface area contributed by atoms with E-state index in [1.54, 1.807) is 4.90 Å². The monoisotopic (exact) mass is 443 g/mol. The number of rotatable bonds is 6. The van der Waals surface area contributed by atoms with Crippen molar-refractivity contribution in [2.45, 2.75) is 58.1 Å². The van der Waals surface area contributed by atoms with Crippen molar-refractivity contribution in [2.24, 2.45) is 11.7 Å². The van der Waals surface area contributed by atoms with E-state index in [1.165, 1.54) is 0 Å². The van der Waals surface area contributed by atoms with Crippen LogP contribution in [0, 0.1) is 5.92 Å². The van der Waals surface area contributed by atoms with Gasteiger partial charge in [-0.2, -0.15) is 0 Å². The SMILES string of the molecule is CC(C)OC(=O)N1C[C@H](C)N(C(=O)C2CC2)c2ccc(C3CNN(CCC(N)=O)C3)cc21. The highest BCUT2D eigenvalue weighted by atomic mass is 16.6. The van der Waals surface area contributed by atoms with Gasteiger partial charge in [0.25, 0.3) is 0 Å². The number of nitrogens with one attached hydrogen (secondary N) is 1. The molecule has 0 radical (unpaired) electrons. The number of nitrogens with two attached hydrogens (primary N) is 1. The van der Waals surface area contributed by atoms with Crippen LogP contribution in [-0.4, -0.2) is 61.2 Å². The predicted molar refractivity (Wildman–Crippen MR) is 121 cm³/mol. The van der Waals surface area contributed by atoms with Gasteiger partial charge < -0.3 is 15.4 Å². The van der Waals surface area contributed by atoms with Crippen LogP contribution in [0.3, 0.4) is 0 Å². The normalized spacial score (nSPS) is 23.4. The fourth-order valence-corrected chi connectivity index (χ4v) is 4.47. The first-order valence-corrected chi connectivity index (χ1v) is 11.5. The summed E-state index contributed by atoms with van der Waals surface area (Å²) < 4.78 is 5.51. The molecule has 0 bridgehead atoms. The minimum atomic E-state index is -0.392. The summed E-state index contributed by atoms with van der Waals surface area (Å²) >= 11 is 0. The quantitative estimate of drug-likeness (QED) is 0.696. The van der Waals surface area contributed by atoms with Crippen LogP contribution < -0.4 is 21.0 Å². The number of ether oxygens (including phenoxy) is 1. The molecule has 174 valence electrons. The minimum Gasteiger partial charge on any atom is -0.446 e. The van der Waals surface area contributed by atoms with E-state index in [9.17, 15) is 14.4 Å². The van der Waals surface area contributed by atoms with Crippen molar-refractivity contribution in [1.82, 2.24) is 10.4 Å². The molecule has 3 aliphatic rings. The molecule has 2 fully saturated rings. The van der Waals surface area contributed by atoms with Crippen molar-refractivity contribution < 1.29 is 19.1 Å². The van der Waals surface area contributed by atoms with Crippen molar-refractivity contribution in [2.75, 3.05) is 36.0 Å². The fourth-order valence-electron chi connectivity index (χ4n) is 4.47. The van der Waals surface area contributed by atoms with E-state index < -0.39 is 6.09 Å². The van der Waals surface area contributed by atoms with E-state index in [4.69, 9.17) is 10.5 Å². The van der Waals surface area contributed by atoms with E-state index in [-0.39, 0.29) is 35.8 Å². The molecule has 32 heavy (non-hydrogen) atoms. The number of benzene rings is 1. The minimum absolute atomic E-state index is 0.0944. The first kappa shape index (κ1) is 22.5. The number of carbonyl (C=O) groups is 3. The van der Waals surface area contributed by atoms with Crippen molar-refractivity contribution >= 4 is 29.3 Å². The Morgan fingerprint density at radius 2 is 1.94 bits per heavy atom. The van der Waals surface area contributed by atoms with Crippen molar-refractivity contribution in [1.29, 1.82) is 0 Å². The van der Waals surface area contributed by atoms with Crippen molar-refractivity contribution in [3.8, 4) is 0 Å². The summed E-state index contributed by atoms with van der Waals surface area (Å²) in [7, 11) is 0. The molecule has 0 spiro atoms. The first-order chi connectivity index (χ1) is 15.2. The molecule has 1 saturated carbocycles. The zero-order chi connectivity index (χ0) is 23.0. The van der Waals surface area contributed by atoms with Gasteiger partial charge in [0.2, 0.25) is 11.8 Å². The van der Waals surface area contributed by atoms with Crippen molar-refractivity contribution in [3.05, 3.63) is 23.8 Å². The predicted octanol–water partition coefficient (Wildman–Crippen LogP) is 1.96. The van der Waals surface area contributed by atoms with Crippen LogP contribution in [0.15, 0.2) is 18.2 Å². The van der Waals surface area contributed by atoms with E-state index in [0.29, 0.717) is 19.5 Å². The summed E-state index contributed by atoms with van der Waals surface area (Å²) in [6.07, 6.45) is 1.55. The second-order valence-electron chi connectivity index (χ2n) is 9.34. The van der Waals surface area contributed by atoms with Gasteiger partial charge >= 0.3 is 6.09 Å². The van der Waals surface area contributed by atoms with Gasteiger partial charge in [-0.1, -0.05) is 6.07 Å². The maximum Gasteiger partial charge on any atom is 0.414 e. The Morgan fingerprint density at radius 3 is 2.59 bits per heavy atom. The second kappa shape index (κ2) is 9.07. The Morgan fingerprint density at radius 1 is 1.19 bits per heavy atom. The third-order valence-corrected chi connectivity index (χ3v) is 6.26. The third kappa shape index (κ3) is 4.73. The van der Waals surface area contributed by atoms with Gasteiger partial charge in [-0.05, 0) is 51.3 Å². The summed E-state index contributed by atoms with van der Waals surface area (Å²) in [5.41, 5.74) is 11.1. The van der Waals surface area contributed by atoms with E-state index in [1.807, 2.05) is 48.9 Å². The molecule has 3 amide bonds. The number of anilines is 2. The summed E-state index contributed by atoms with van der Waals surface area (Å²) in [5.74, 6) is 0.112. The number of hydrazine groups is 1. The molecule has 9 heteroatoms. The van der Waals surface area contributed by atoms with Gasteiger partial charge in [0, 0.05) is 44.4 Å². The summed E-state index contributed by atoms with van der Waals surface area (Å²) in [5, 5.41) is 2.00. The number of hydrogen-bond donors (Lipinski definition) is 2. The lowest BCUT2D eigenvalue weighted by atomic mass is 9.96.